The zero-order chi connectivity index (χ0) is 20.3. The van der Waals surface area contributed by atoms with Gasteiger partial charge in [-0.2, -0.15) is 4.31 Å². The number of amides is 2. The Balaban J connectivity index is 1.61. The summed E-state index contributed by atoms with van der Waals surface area (Å²) in [6.45, 7) is 0.252. The SMILES string of the molecule is O=C(NNC(=O)C1CCCN(S(=O)(=O)c2ccc(F)cc2)C1)c1cc(Br)c[nH]1. The Hall–Kier alpha value is -2.24. The van der Waals surface area contributed by atoms with Crippen molar-refractivity contribution < 1.29 is 22.4 Å². The average Bonchev–Trinajstić information content (AvgIpc) is 3.13. The lowest BCUT2D eigenvalue weighted by molar-refractivity contribution is -0.126. The van der Waals surface area contributed by atoms with Gasteiger partial charge < -0.3 is 4.98 Å². The van der Waals surface area contributed by atoms with Crippen LogP contribution in [0, 0.1) is 11.7 Å². The number of aromatic nitrogens is 1. The highest BCUT2D eigenvalue weighted by molar-refractivity contribution is 9.10. The van der Waals surface area contributed by atoms with E-state index in [1.54, 1.807) is 12.3 Å². The number of halogens is 2. The first-order valence-electron chi connectivity index (χ1n) is 8.47. The normalized spacial score (nSPS) is 17.9. The second-order valence-corrected chi connectivity index (χ2v) is 9.18. The Kier molecular flexibility index (Phi) is 6.16. The molecule has 2 heterocycles. The van der Waals surface area contributed by atoms with E-state index in [1.807, 2.05) is 0 Å². The fraction of sp³-hybridized carbons (Fsp3) is 0.294. The fourth-order valence-electron chi connectivity index (χ4n) is 2.92. The Morgan fingerprint density at radius 1 is 1.21 bits per heavy atom. The molecule has 1 atom stereocenters. The monoisotopic (exact) mass is 472 g/mol. The molecule has 1 aromatic carbocycles. The Labute approximate surface area is 169 Å². The number of carbonyl (C=O) groups excluding carboxylic acids is 2. The molecule has 0 radical (unpaired) electrons. The third kappa shape index (κ3) is 4.59. The molecule has 11 heteroatoms. The number of hydrogen-bond donors (Lipinski definition) is 3. The van der Waals surface area contributed by atoms with Crippen molar-refractivity contribution >= 4 is 37.8 Å². The largest absolute Gasteiger partial charge is 0.356 e. The van der Waals surface area contributed by atoms with Crippen LogP contribution in [0.5, 0.6) is 0 Å². The van der Waals surface area contributed by atoms with Crippen molar-refractivity contribution in [1.82, 2.24) is 20.1 Å². The second kappa shape index (κ2) is 8.41. The zero-order valence-electron chi connectivity index (χ0n) is 14.6. The van der Waals surface area contributed by atoms with Gasteiger partial charge in [0.25, 0.3) is 5.91 Å². The zero-order valence-corrected chi connectivity index (χ0v) is 17.0. The summed E-state index contributed by atoms with van der Waals surface area (Å²) in [5, 5.41) is 0. The number of carbonyl (C=O) groups is 2. The van der Waals surface area contributed by atoms with Crippen LogP contribution in [0.15, 0.2) is 45.9 Å². The lowest BCUT2D eigenvalue weighted by atomic mass is 9.99. The van der Waals surface area contributed by atoms with Gasteiger partial charge in [-0.3, -0.25) is 20.4 Å². The highest BCUT2D eigenvalue weighted by Crippen LogP contribution is 2.24. The number of piperidine rings is 1. The first-order chi connectivity index (χ1) is 13.3. The van der Waals surface area contributed by atoms with Crippen LogP contribution in [0.2, 0.25) is 0 Å². The second-order valence-electron chi connectivity index (χ2n) is 6.33. The minimum absolute atomic E-state index is 0.0184. The van der Waals surface area contributed by atoms with Crippen LogP contribution in [0.25, 0.3) is 0 Å². The van der Waals surface area contributed by atoms with Crippen LogP contribution in [0.3, 0.4) is 0 Å². The van der Waals surface area contributed by atoms with Crippen LogP contribution in [0.4, 0.5) is 4.39 Å². The maximum atomic E-state index is 13.1. The molecule has 0 aliphatic carbocycles. The molecule has 0 saturated carbocycles. The van der Waals surface area contributed by atoms with Crippen molar-refractivity contribution in [3.05, 3.63) is 52.5 Å². The van der Waals surface area contributed by atoms with Crippen molar-refractivity contribution in [3.8, 4) is 0 Å². The Morgan fingerprint density at radius 3 is 2.57 bits per heavy atom. The number of H-pyrrole nitrogens is 1. The smallest absolute Gasteiger partial charge is 0.286 e. The van der Waals surface area contributed by atoms with Gasteiger partial charge in [-0.1, -0.05) is 0 Å². The molecule has 8 nitrogen and oxygen atoms in total. The molecular weight excluding hydrogens is 455 g/mol. The molecule has 2 amide bonds. The summed E-state index contributed by atoms with van der Waals surface area (Å²) in [6, 6.07) is 6.11. The number of hydrazine groups is 1. The van der Waals surface area contributed by atoms with E-state index in [4.69, 9.17) is 0 Å². The van der Waals surface area contributed by atoms with Crippen molar-refractivity contribution in [3.63, 3.8) is 0 Å². The summed E-state index contributed by atoms with van der Waals surface area (Å²) >= 11 is 3.21. The summed E-state index contributed by atoms with van der Waals surface area (Å²) in [7, 11) is -3.83. The summed E-state index contributed by atoms with van der Waals surface area (Å²) in [6.07, 6.45) is 2.57. The summed E-state index contributed by atoms with van der Waals surface area (Å²) in [5.74, 6) is -2.14. The highest BCUT2D eigenvalue weighted by atomic mass is 79.9. The van der Waals surface area contributed by atoms with Gasteiger partial charge in [-0.05, 0) is 59.1 Å². The van der Waals surface area contributed by atoms with Crippen molar-refractivity contribution in [2.75, 3.05) is 13.1 Å². The van der Waals surface area contributed by atoms with E-state index in [0.717, 1.165) is 12.1 Å². The van der Waals surface area contributed by atoms with Crippen molar-refractivity contribution in [2.24, 2.45) is 5.92 Å². The number of sulfonamides is 1. The first kappa shape index (κ1) is 20.5. The summed E-state index contributed by atoms with van der Waals surface area (Å²) < 4.78 is 40.4. The third-order valence-electron chi connectivity index (χ3n) is 4.40. The van der Waals surface area contributed by atoms with Gasteiger partial charge in [0.05, 0.1) is 10.8 Å². The average molecular weight is 473 g/mol. The molecule has 0 bridgehead atoms. The molecule has 1 fully saturated rings. The van der Waals surface area contributed by atoms with Gasteiger partial charge in [-0.15, -0.1) is 0 Å². The molecule has 2 aromatic rings. The number of benzene rings is 1. The molecule has 0 spiro atoms. The van der Waals surface area contributed by atoms with Crippen LogP contribution in [0.1, 0.15) is 23.3 Å². The number of nitrogens with zero attached hydrogens (tertiary/aromatic N) is 1. The van der Waals surface area contributed by atoms with Gasteiger partial charge in [0, 0.05) is 23.8 Å². The molecule has 1 aliphatic rings. The van der Waals surface area contributed by atoms with Crippen molar-refractivity contribution in [1.29, 1.82) is 0 Å². The molecule has 1 aliphatic heterocycles. The Morgan fingerprint density at radius 2 is 1.93 bits per heavy atom. The van der Waals surface area contributed by atoms with E-state index >= 15 is 0 Å². The fourth-order valence-corrected chi connectivity index (χ4v) is 4.78. The van der Waals surface area contributed by atoms with Gasteiger partial charge in [0.15, 0.2) is 0 Å². The van der Waals surface area contributed by atoms with E-state index in [1.165, 1.54) is 16.4 Å². The molecule has 3 N–H and O–H groups in total. The number of rotatable bonds is 4. The maximum absolute atomic E-state index is 13.1. The van der Waals surface area contributed by atoms with E-state index in [2.05, 4.69) is 31.8 Å². The topological polar surface area (TPSA) is 111 Å². The standard InChI is InChI=1S/C17H18BrFN4O4S/c18-12-8-15(20-9-12)17(25)22-21-16(24)11-2-1-7-23(10-11)28(26,27)14-5-3-13(19)4-6-14/h3-6,8-9,11,20H,1-2,7,10H2,(H,21,24)(H,22,25). The van der Waals surface area contributed by atoms with E-state index in [0.29, 0.717) is 17.3 Å². The molecule has 3 rings (SSSR count). The predicted octanol–water partition coefficient (Wildman–Crippen LogP) is 1.78. The third-order valence-corrected chi connectivity index (χ3v) is 6.74. The molecule has 1 unspecified atom stereocenters. The maximum Gasteiger partial charge on any atom is 0.286 e. The van der Waals surface area contributed by atoms with Gasteiger partial charge >= 0.3 is 0 Å². The first-order valence-corrected chi connectivity index (χ1v) is 10.7. The number of hydrogen-bond acceptors (Lipinski definition) is 4. The molecular formula is C17H18BrFN4O4S. The quantitative estimate of drug-likeness (QED) is 0.588. The molecule has 1 aromatic heterocycles. The lowest BCUT2D eigenvalue weighted by Gasteiger charge is -2.31. The van der Waals surface area contributed by atoms with Gasteiger partial charge in [0.2, 0.25) is 15.9 Å². The van der Waals surface area contributed by atoms with Crippen LogP contribution >= 0.6 is 15.9 Å². The van der Waals surface area contributed by atoms with E-state index in [-0.39, 0.29) is 23.7 Å². The van der Waals surface area contributed by atoms with Gasteiger partial charge in [-0.25, -0.2) is 12.8 Å². The molecule has 150 valence electrons. The molecule has 1 saturated heterocycles. The predicted molar refractivity (Wildman–Crippen MR) is 102 cm³/mol. The summed E-state index contributed by atoms with van der Waals surface area (Å²) in [5.41, 5.74) is 4.90. The number of aromatic amines is 1. The molecule has 28 heavy (non-hydrogen) atoms. The van der Waals surface area contributed by atoms with Gasteiger partial charge in [0.1, 0.15) is 11.5 Å². The number of nitrogens with one attached hydrogen (secondary N) is 3. The van der Waals surface area contributed by atoms with E-state index < -0.39 is 33.6 Å². The lowest BCUT2D eigenvalue weighted by Crippen LogP contribution is -2.50. The summed E-state index contributed by atoms with van der Waals surface area (Å²) in [4.78, 5) is 27.0. The highest BCUT2D eigenvalue weighted by Gasteiger charge is 2.33. The minimum atomic E-state index is -3.83. The van der Waals surface area contributed by atoms with Crippen LogP contribution < -0.4 is 10.9 Å². The van der Waals surface area contributed by atoms with Crippen molar-refractivity contribution in [2.45, 2.75) is 17.7 Å². The van der Waals surface area contributed by atoms with E-state index in [9.17, 15) is 22.4 Å². The minimum Gasteiger partial charge on any atom is -0.356 e. The Bertz CT molecular complexity index is 977. The van der Waals surface area contributed by atoms with Crippen LogP contribution in [-0.4, -0.2) is 42.6 Å². The van der Waals surface area contributed by atoms with Crippen LogP contribution in [-0.2, 0) is 14.8 Å².